The van der Waals surface area contributed by atoms with Crippen LogP contribution in [0.2, 0.25) is 0 Å². The van der Waals surface area contributed by atoms with Gasteiger partial charge in [-0.2, -0.15) is 0 Å². The molecule has 136 valence electrons. The topological polar surface area (TPSA) is 76.6 Å². The summed E-state index contributed by atoms with van der Waals surface area (Å²) in [6.07, 6.45) is 0.366. The van der Waals surface area contributed by atoms with Gasteiger partial charge < -0.3 is 10.1 Å². The molecule has 3 amide bonds. The number of benzene rings is 2. The summed E-state index contributed by atoms with van der Waals surface area (Å²) in [5, 5.41) is 10.8. The van der Waals surface area contributed by atoms with E-state index >= 15 is 0 Å². The van der Waals surface area contributed by atoms with E-state index in [9.17, 15) is 19.1 Å². The van der Waals surface area contributed by atoms with Gasteiger partial charge in [0, 0.05) is 30.1 Å². The number of carbonyl (C=O) groups excluding carboxylic acids is 2. The lowest BCUT2D eigenvalue weighted by atomic mass is 9.89. The highest BCUT2D eigenvalue weighted by molar-refractivity contribution is 6.05. The highest BCUT2D eigenvalue weighted by Crippen LogP contribution is 2.44. The minimum Gasteiger partial charge on any atom is -0.508 e. The van der Waals surface area contributed by atoms with Gasteiger partial charge in [-0.25, -0.2) is 9.18 Å². The predicted octanol–water partition coefficient (Wildman–Crippen LogP) is 2.92. The summed E-state index contributed by atoms with van der Waals surface area (Å²) in [6.45, 7) is 0. The lowest BCUT2D eigenvalue weighted by Crippen LogP contribution is -2.44. The SMILES string of the molecule is CN1C(=O)C2Cc3c([nH]c4cc(F)ccc34)C(c3cccc(O)c3)N2C1=O. The molecule has 0 spiro atoms. The number of fused-ring (bicyclic) bond motifs is 4. The first-order valence-corrected chi connectivity index (χ1v) is 8.64. The number of rotatable bonds is 1. The molecule has 3 aromatic rings. The number of hydrogen-bond donors (Lipinski definition) is 2. The Hall–Kier alpha value is -3.35. The van der Waals surface area contributed by atoms with Gasteiger partial charge in [0.15, 0.2) is 0 Å². The molecule has 0 aliphatic carbocycles. The van der Waals surface area contributed by atoms with Crippen molar-refractivity contribution < 1.29 is 19.1 Å². The van der Waals surface area contributed by atoms with E-state index in [1.54, 1.807) is 35.2 Å². The maximum atomic E-state index is 13.7. The van der Waals surface area contributed by atoms with Crippen LogP contribution in [0, 0.1) is 5.82 Å². The molecule has 3 heterocycles. The second kappa shape index (κ2) is 5.33. The number of carbonyl (C=O) groups is 2. The minimum absolute atomic E-state index is 0.0738. The number of aromatic amines is 1. The van der Waals surface area contributed by atoms with E-state index in [0.29, 0.717) is 17.5 Å². The Morgan fingerprint density at radius 3 is 2.78 bits per heavy atom. The van der Waals surface area contributed by atoms with Gasteiger partial charge in [-0.1, -0.05) is 12.1 Å². The van der Waals surface area contributed by atoms with E-state index in [-0.39, 0.29) is 23.5 Å². The van der Waals surface area contributed by atoms with Gasteiger partial charge in [0.05, 0.1) is 0 Å². The number of urea groups is 1. The molecule has 0 saturated carbocycles. The number of H-pyrrole nitrogens is 1. The molecular formula is C20H16FN3O3. The zero-order valence-corrected chi connectivity index (χ0v) is 14.4. The van der Waals surface area contributed by atoms with Crippen LogP contribution in [-0.2, 0) is 11.2 Å². The molecule has 0 bridgehead atoms. The number of amides is 3. The standard InChI is InChI=1S/C20H16FN3O3/c1-23-19(26)16-9-14-13-6-5-11(21)8-15(13)22-17(14)18(24(16)20(23)27)10-3-2-4-12(25)7-10/h2-8,16,18,22,25H,9H2,1H3. The largest absolute Gasteiger partial charge is 0.508 e. The van der Waals surface area contributed by atoms with Crippen LogP contribution in [0.4, 0.5) is 9.18 Å². The summed E-state index contributed by atoms with van der Waals surface area (Å²) in [7, 11) is 1.48. The first-order chi connectivity index (χ1) is 13.0. The maximum Gasteiger partial charge on any atom is 0.328 e. The highest BCUT2D eigenvalue weighted by Gasteiger charge is 2.51. The number of halogens is 1. The van der Waals surface area contributed by atoms with Gasteiger partial charge >= 0.3 is 6.03 Å². The molecule has 27 heavy (non-hydrogen) atoms. The van der Waals surface area contributed by atoms with Crippen molar-refractivity contribution in [3.63, 3.8) is 0 Å². The quantitative estimate of drug-likeness (QED) is 0.651. The van der Waals surface area contributed by atoms with Gasteiger partial charge in [-0.15, -0.1) is 0 Å². The van der Waals surface area contributed by atoms with Gasteiger partial charge in [0.1, 0.15) is 23.7 Å². The number of hydrogen-bond acceptors (Lipinski definition) is 3. The summed E-state index contributed by atoms with van der Waals surface area (Å²) in [6, 6.07) is 9.56. The lowest BCUT2D eigenvalue weighted by Gasteiger charge is -2.36. The lowest BCUT2D eigenvalue weighted by molar-refractivity contribution is -0.127. The highest BCUT2D eigenvalue weighted by atomic mass is 19.1. The molecule has 5 rings (SSSR count). The molecule has 1 saturated heterocycles. The number of phenolic OH excluding ortho intramolecular Hbond substituents is 1. The van der Waals surface area contributed by atoms with E-state index in [4.69, 9.17) is 0 Å². The third-order valence-corrected chi connectivity index (χ3v) is 5.50. The Morgan fingerprint density at radius 1 is 1.19 bits per heavy atom. The smallest absolute Gasteiger partial charge is 0.328 e. The van der Waals surface area contributed by atoms with Crippen molar-refractivity contribution in [3.8, 4) is 5.75 Å². The van der Waals surface area contributed by atoms with Crippen molar-refractivity contribution in [2.45, 2.75) is 18.5 Å². The molecule has 6 nitrogen and oxygen atoms in total. The summed E-state index contributed by atoms with van der Waals surface area (Å²) >= 11 is 0. The monoisotopic (exact) mass is 365 g/mol. The van der Waals surface area contributed by atoms with Crippen LogP contribution in [0.15, 0.2) is 42.5 Å². The number of nitrogens with one attached hydrogen (secondary N) is 1. The van der Waals surface area contributed by atoms with Crippen LogP contribution >= 0.6 is 0 Å². The van der Waals surface area contributed by atoms with Crippen LogP contribution < -0.4 is 0 Å². The summed E-state index contributed by atoms with van der Waals surface area (Å²) in [4.78, 5) is 31.4. The fourth-order valence-electron chi connectivity index (χ4n) is 4.28. The van der Waals surface area contributed by atoms with E-state index in [1.165, 1.54) is 19.2 Å². The Morgan fingerprint density at radius 2 is 2.00 bits per heavy atom. The van der Waals surface area contributed by atoms with Crippen LogP contribution in [-0.4, -0.2) is 44.9 Å². The zero-order valence-electron chi connectivity index (χ0n) is 14.4. The van der Waals surface area contributed by atoms with Crippen LogP contribution in [0.25, 0.3) is 10.9 Å². The normalized spacial score (nSPS) is 21.7. The van der Waals surface area contributed by atoms with Crippen molar-refractivity contribution >= 4 is 22.8 Å². The van der Waals surface area contributed by atoms with Crippen LogP contribution in [0.5, 0.6) is 5.75 Å². The van der Waals surface area contributed by atoms with Gasteiger partial charge in [-0.05, 0) is 41.5 Å². The van der Waals surface area contributed by atoms with Gasteiger partial charge in [0.25, 0.3) is 5.91 Å². The molecule has 2 unspecified atom stereocenters. The number of aromatic hydroxyl groups is 1. The number of likely N-dealkylation sites (N-methyl/N-ethyl adjacent to an activating group) is 1. The van der Waals surface area contributed by atoms with Crippen molar-refractivity contribution in [2.75, 3.05) is 7.05 Å². The Bertz CT molecular complexity index is 1120. The number of phenols is 1. The molecule has 2 atom stereocenters. The first-order valence-electron chi connectivity index (χ1n) is 8.64. The van der Waals surface area contributed by atoms with Crippen LogP contribution in [0.1, 0.15) is 22.9 Å². The number of imide groups is 1. The second-order valence-electron chi connectivity index (χ2n) is 7.01. The minimum atomic E-state index is -0.619. The van der Waals surface area contributed by atoms with E-state index in [0.717, 1.165) is 21.5 Å². The number of nitrogens with zero attached hydrogens (tertiary/aromatic N) is 2. The van der Waals surface area contributed by atoms with E-state index < -0.39 is 12.1 Å². The molecule has 1 aromatic heterocycles. The summed E-state index contributed by atoms with van der Waals surface area (Å²) in [5.41, 5.74) is 2.95. The van der Waals surface area contributed by atoms with Crippen LogP contribution in [0.3, 0.4) is 0 Å². The molecule has 2 N–H and O–H groups in total. The van der Waals surface area contributed by atoms with Crippen molar-refractivity contribution in [3.05, 3.63) is 65.1 Å². The van der Waals surface area contributed by atoms with E-state index in [1.807, 2.05) is 0 Å². The molecule has 2 aliphatic heterocycles. The molecule has 2 aromatic carbocycles. The Labute approximate surface area is 153 Å². The molecule has 1 fully saturated rings. The zero-order chi connectivity index (χ0) is 18.9. The van der Waals surface area contributed by atoms with Crippen molar-refractivity contribution in [2.24, 2.45) is 0 Å². The summed E-state index contributed by atoms with van der Waals surface area (Å²) < 4.78 is 13.7. The third kappa shape index (κ3) is 2.11. The van der Waals surface area contributed by atoms with Gasteiger partial charge in [0.2, 0.25) is 0 Å². The predicted molar refractivity (Wildman–Crippen MR) is 95.7 cm³/mol. The average molecular weight is 365 g/mol. The van der Waals surface area contributed by atoms with Crippen molar-refractivity contribution in [1.29, 1.82) is 0 Å². The Kier molecular flexibility index (Phi) is 3.13. The third-order valence-electron chi connectivity index (χ3n) is 5.50. The number of aromatic nitrogens is 1. The van der Waals surface area contributed by atoms with Gasteiger partial charge in [-0.3, -0.25) is 14.6 Å². The fourth-order valence-corrected chi connectivity index (χ4v) is 4.28. The first kappa shape index (κ1) is 15.9. The fraction of sp³-hybridized carbons (Fsp3) is 0.200. The average Bonchev–Trinajstić information content (AvgIpc) is 3.10. The summed E-state index contributed by atoms with van der Waals surface area (Å²) in [5.74, 6) is -0.542. The molecular weight excluding hydrogens is 349 g/mol. The Balaban J connectivity index is 1.79. The molecule has 7 heteroatoms. The molecule has 0 radical (unpaired) electrons. The second-order valence-corrected chi connectivity index (χ2v) is 7.01. The molecule has 2 aliphatic rings. The maximum absolute atomic E-state index is 13.7. The van der Waals surface area contributed by atoms with Crippen molar-refractivity contribution in [1.82, 2.24) is 14.8 Å². The van der Waals surface area contributed by atoms with E-state index in [2.05, 4.69) is 4.98 Å².